The fourth-order valence-electron chi connectivity index (χ4n) is 3.24. The summed E-state index contributed by atoms with van der Waals surface area (Å²) in [6.45, 7) is 3.54. The van der Waals surface area contributed by atoms with Crippen molar-refractivity contribution in [2.24, 2.45) is 0 Å². The van der Waals surface area contributed by atoms with Crippen molar-refractivity contribution in [3.05, 3.63) is 35.0 Å². The minimum absolute atomic E-state index is 0.0585. The molecule has 1 aliphatic heterocycles. The maximum Gasteiger partial charge on any atom is 0.349 e. The van der Waals surface area contributed by atoms with Gasteiger partial charge in [-0.15, -0.1) is 11.3 Å². The molecule has 146 valence electrons. The van der Waals surface area contributed by atoms with Crippen molar-refractivity contribution >= 4 is 43.1 Å². The molecule has 2 heterocycles. The van der Waals surface area contributed by atoms with Crippen LogP contribution in [-0.4, -0.2) is 55.4 Å². The molecule has 1 aromatic heterocycles. The van der Waals surface area contributed by atoms with Gasteiger partial charge < -0.3 is 9.64 Å². The summed E-state index contributed by atoms with van der Waals surface area (Å²) >= 11 is 1.09. The first-order valence-electron chi connectivity index (χ1n) is 8.62. The predicted molar refractivity (Wildman–Crippen MR) is 101 cm³/mol. The molecule has 1 amide bonds. The number of carbonyl (C=O) groups excluding carboxylic acids is 2. The number of likely N-dealkylation sites (N-methyl/N-ethyl adjacent to an activating group) is 1. The molecule has 0 spiro atoms. The van der Waals surface area contributed by atoms with Crippen molar-refractivity contribution < 1.29 is 27.1 Å². The standard InChI is InChI=1S/C18H20FNO5S2/c1-3-20(12-7-8-27(23,24)10-12)17(21)11(2)25-18(22)16-9-13-14(19)5-4-6-15(13)26-16/h4-6,9,11-12H,3,7-8,10H2,1-2H3/t11-,12+/m0/s1. The molecule has 1 aliphatic rings. The van der Waals surface area contributed by atoms with E-state index in [1.54, 1.807) is 19.1 Å². The molecule has 6 nitrogen and oxygen atoms in total. The van der Waals surface area contributed by atoms with Crippen LogP contribution < -0.4 is 0 Å². The third-order valence-corrected chi connectivity index (χ3v) is 7.44. The summed E-state index contributed by atoms with van der Waals surface area (Å²) in [6, 6.07) is 5.59. The fraction of sp³-hybridized carbons (Fsp3) is 0.444. The van der Waals surface area contributed by atoms with Crippen molar-refractivity contribution in [1.82, 2.24) is 4.90 Å². The van der Waals surface area contributed by atoms with E-state index in [-0.39, 0.29) is 16.4 Å². The van der Waals surface area contributed by atoms with Crippen LogP contribution >= 0.6 is 11.3 Å². The van der Waals surface area contributed by atoms with Crippen LogP contribution in [0.4, 0.5) is 4.39 Å². The van der Waals surface area contributed by atoms with Crippen LogP contribution in [0.15, 0.2) is 24.3 Å². The zero-order valence-electron chi connectivity index (χ0n) is 15.0. The number of nitrogens with zero attached hydrogens (tertiary/aromatic N) is 1. The second-order valence-electron chi connectivity index (χ2n) is 6.49. The number of thiophene rings is 1. The highest BCUT2D eigenvalue weighted by molar-refractivity contribution is 7.91. The van der Waals surface area contributed by atoms with E-state index in [0.717, 1.165) is 11.3 Å². The highest BCUT2D eigenvalue weighted by Crippen LogP contribution is 2.28. The summed E-state index contributed by atoms with van der Waals surface area (Å²) in [5, 5.41) is 0.333. The number of hydrogen-bond acceptors (Lipinski definition) is 6. The highest BCUT2D eigenvalue weighted by atomic mass is 32.2. The summed E-state index contributed by atoms with van der Waals surface area (Å²) in [5.41, 5.74) is 0. The van der Waals surface area contributed by atoms with Gasteiger partial charge in [0.25, 0.3) is 5.91 Å². The van der Waals surface area contributed by atoms with E-state index < -0.39 is 39.7 Å². The predicted octanol–water partition coefficient (Wildman–Crippen LogP) is 2.62. The molecular weight excluding hydrogens is 393 g/mol. The summed E-state index contributed by atoms with van der Waals surface area (Å²) in [6.07, 6.45) is -0.672. The molecule has 2 atom stereocenters. The fourth-order valence-corrected chi connectivity index (χ4v) is 5.93. The molecule has 0 bridgehead atoms. The van der Waals surface area contributed by atoms with Crippen LogP contribution in [0.1, 0.15) is 29.9 Å². The van der Waals surface area contributed by atoms with Gasteiger partial charge >= 0.3 is 5.97 Å². The molecular formula is C18H20FNO5S2. The minimum Gasteiger partial charge on any atom is -0.448 e. The van der Waals surface area contributed by atoms with Gasteiger partial charge in [-0.25, -0.2) is 17.6 Å². The Bertz CT molecular complexity index is 985. The number of benzene rings is 1. The maximum absolute atomic E-state index is 13.8. The van der Waals surface area contributed by atoms with Crippen molar-refractivity contribution in [3.8, 4) is 0 Å². The van der Waals surface area contributed by atoms with Crippen LogP contribution in [0, 0.1) is 5.82 Å². The Balaban J connectivity index is 1.71. The Hall–Kier alpha value is -2.00. The van der Waals surface area contributed by atoms with Gasteiger partial charge in [0.15, 0.2) is 15.9 Å². The van der Waals surface area contributed by atoms with Gasteiger partial charge in [-0.05, 0) is 38.5 Å². The highest BCUT2D eigenvalue weighted by Gasteiger charge is 2.36. The maximum atomic E-state index is 13.8. The molecule has 1 saturated heterocycles. The van der Waals surface area contributed by atoms with Gasteiger partial charge in [0, 0.05) is 22.7 Å². The topological polar surface area (TPSA) is 80.8 Å². The van der Waals surface area contributed by atoms with Gasteiger partial charge in [-0.3, -0.25) is 4.79 Å². The monoisotopic (exact) mass is 413 g/mol. The van der Waals surface area contributed by atoms with Gasteiger partial charge in [0.1, 0.15) is 10.7 Å². The molecule has 0 radical (unpaired) electrons. The number of ether oxygens (including phenoxy) is 1. The van der Waals surface area contributed by atoms with Crippen molar-refractivity contribution in [1.29, 1.82) is 0 Å². The Kier molecular flexibility index (Phi) is 5.53. The first-order chi connectivity index (χ1) is 12.7. The quantitative estimate of drug-likeness (QED) is 0.704. The smallest absolute Gasteiger partial charge is 0.349 e. The number of amides is 1. The molecule has 3 rings (SSSR count). The van der Waals surface area contributed by atoms with Crippen LogP contribution in [0.5, 0.6) is 0 Å². The molecule has 2 aromatic rings. The number of carbonyl (C=O) groups is 2. The summed E-state index contributed by atoms with van der Waals surface area (Å²) < 4.78 is 43.0. The summed E-state index contributed by atoms with van der Waals surface area (Å²) in [7, 11) is -3.13. The number of hydrogen-bond donors (Lipinski definition) is 0. The Morgan fingerprint density at radius 2 is 2.15 bits per heavy atom. The summed E-state index contributed by atoms with van der Waals surface area (Å²) in [5.74, 6) is -1.57. The first kappa shape index (κ1) is 19.8. The van der Waals surface area contributed by atoms with Crippen LogP contribution in [0.3, 0.4) is 0 Å². The number of esters is 1. The lowest BCUT2D eigenvalue weighted by Crippen LogP contribution is -2.46. The average molecular weight is 413 g/mol. The van der Waals surface area contributed by atoms with Gasteiger partial charge in [-0.2, -0.15) is 0 Å². The lowest BCUT2D eigenvalue weighted by molar-refractivity contribution is -0.141. The first-order valence-corrected chi connectivity index (χ1v) is 11.3. The molecule has 0 unspecified atom stereocenters. The Morgan fingerprint density at radius 1 is 1.41 bits per heavy atom. The van der Waals surface area contributed by atoms with E-state index in [1.165, 1.54) is 24.0 Å². The normalized spacial score (nSPS) is 19.7. The largest absolute Gasteiger partial charge is 0.448 e. The molecule has 0 aliphatic carbocycles. The van der Waals surface area contributed by atoms with Gasteiger partial charge in [0.05, 0.1) is 11.5 Å². The lowest BCUT2D eigenvalue weighted by Gasteiger charge is -2.29. The summed E-state index contributed by atoms with van der Waals surface area (Å²) in [4.78, 5) is 26.7. The zero-order valence-corrected chi connectivity index (χ0v) is 16.6. The van der Waals surface area contributed by atoms with E-state index in [0.29, 0.717) is 23.1 Å². The molecule has 1 aromatic carbocycles. The number of halogens is 1. The van der Waals surface area contributed by atoms with Crippen molar-refractivity contribution in [2.75, 3.05) is 18.1 Å². The third-order valence-electron chi connectivity index (χ3n) is 4.61. The number of rotatable bonds is 5. The van der Waals surface area contributed by atoms with E-state index in [9.17, 15) is 22.4 Å². The zero-order chi connectivity index (χ0) is 19.8. The minimum atomic E-state index is -3.13. The van der Waals surface area contributed by atoms with E-state index in [1.807, 2.05) is 0 Å². The average Bonchev–Trinajstić information content (AvgIpc) is 3.19. The third kappa shape index (κ3) is 4.14. The number of sulfone groups is 1. The SMILES string of the molecule is CCN(C(=O)[C@H](C)OC(=O)c1cc2c(F)cccc2s1)[C@@H]1CCS(=O)(=O)C1. The lowest BCUT2D eigenvalue weighted by atomic mass is 10.2. The van der Waals surface area contributed by atoms with Crippen molar-refractivity contribution in [3.63, 3.8) is 0 Å². The van der Waals surface area contributed by atoms with E-state index >= 15 is 0 Å². The van der Waals surface area contributed by atoms with Gasteiger partial charge in [-0.1, -0.05) is 6.07 Å². The van der Waals surface area contributed by atoms with Crippen LogP contribution in [0.2, 0.25) is 0 Å². The number of fused-ring (bicyclic) bond motifs is 1. The van der Waals surface area contributed by atoms with Gasteiger partial charge in [0.2, 0.25) is 0 Å². The molecule has 0 N–H and O–H groups in total. The van der Waals surface area contributed by atoms with Crippen LogP contribution in [0.25, 0.3) is 10.1 Å². The molecule has 0 saturated carbocycles. The second kappa shape index (κ2) is 7.55. The molecule has 9 heteroatoms. The van der Waals surface area contributed by atoms with E-state index in [2.05, 4.69) is 0 Å². The van der Waals surface area contributed by atoms with E-state index in [4.69, 9.17) is 4.74 Å². The Morgan fingerprint density at radius 3 is 2.74 bits per heavy atom. The molecule has 27 heavy (non-hydrogen) atoms. The van der Waals surface area contributed by atoms with Crippen molar-refractivity contribution in [2.45, 2.75) is 32.4 Å². The Labute approximate surface area is 160 Å². The second-order valence-corrected chi connectivity index (χ2v) is 9.80. The molecule has 1 fully saturated rings. The van der Waals surface area contributed by atoms with Crippen LogP contribution in [-0.2, 0) is 19.4 Å².